The van der Waals surface area contributed by atoms with Gasteiger partial charge in [-0.1, -0.05) is 20.8 Å². The summed E-state index contributed by atoms with van der Waals surface area (Å²) < 4.78 is 0. The van der Waals surface area contributed by atoms with Crippen LogP contribution in [0.4, 0.5) is 0 Å². The lowest BCUT2D eigenvalue weighted by atomic mass is 9.98. The Morgan fingerprint density at radius 1 is 1.41 bits per heavy atom. The van der Waals surface area contributed by atoms with Crippen molar-refractivity contribution in [2.24, 2.45) is 0 Å². The number of carbonyl (C=O) groups is 1. The molecule has 0 unspecified atom stereocenters. The summed E-state index contributed by atoms with van der Waals surface area (Å²) in [5.74, 6) is -0.858. The lowest BCUT2D eigenvalue weighted by Gasteiger charge is -2.20. The van der Waals surface area contributed by atoms with Crippen molar-refractivity contribution in [3.05, 3.63) is 16.1 Å². The second-order valence-corrected chi connectivity index (χ2v) is 6.54. The van der Waals surface area contributed by atoms with Crippen molar-refractivity contribution < 1.29 is 9.90 Å². The predicted molar refractivity (Wildman–Crippen MR) is 69.4 cm³/mol. The van der Waals surface area contributed by atoms with Gasteiger partial charge in [0, 0.05) is 17.3 Å². The third-order valence-electron chi connectivity index (χ3n) is 2.44. The average molecular weight is 256 g/mol. The van der Waals surface area contributed by atoms with Gasteiger partial charge in [-0.2, -0.15) is 0 Å². The van der Waals surface area contributed by atoms with E-state index in [0.717, 1.165) is 10.7 Å². The van der Waals surface area contributed by atoms with Gasteiger partial charge in [-0.15, -0.1) is 11.3 Å². The Hall–Kier alpha value is -0.940. The van der Waals surface area contributed by atoms with Gasteiger partial charge in [0.2, 0.25) is 0 Å². The van der Waals surface area contributed by atoms with Gasteiger partial charge in [0.1, 0.15) is 5.54 Å². The molecule has 0 aliphatic carbocycles. The van der Waals surface area contributed by atoms with Gasteiger partial charge in [0.05, 0.1) is 10.7 Å². The lowest BCUT2D eigenvalue weighted by Crippen LogP contribution is -2.46. The monoisotopic (exact) mass is 256 g/mol. The van der Waals surface area contributed by atoms with Gasteiger partial charge in [-0.05, 0) is 13.8 Å². The molecular formula is C12H20N2O2S. The number of nitrogens with zero attached hydrogens (tertiary/aromatic N) is 1. The minimum Gasteiger partial charge on any atom is -0.480 e. The van der Waals surface area contributed by atoms with Gasteiger partial charge in [-0.25, -0.2) is 4.98 Å². The standard InChI is InChI=1S/C12H20N2O2S/c1-11(2,3)9-14-8(7-17-9)6-13-12(4,5)10(15)16/h7,13H,6H2,1-5H3,(H,15,16). The van der Waals surface area contributed by atoms with Crippen molar-refractivity contribution in [2.75, 3.05) is 0 Å². The fourth-order valence-electron chi connectivity index (χ4n) is 1.12. The molecule has 5 heteroatoms. The van der Waals surface area contributed by atoms with E-state index in [2.05, 4.69) is 31.1 Å². The first kappa shape index (κ1) is 14.1. The highest BCUT2D eigenvalue weighted by atomic mass is 32.1. The molecule has 96 valence electrons. The maximum absolute atomic E-state index is 10.9. The second kappa shape index (κ2) is 4.74. The zero-order valence-electron chi connectivity index (χ0n) is 11.0. The Morgan fingerprint density at radius 3 is 2.41 bits per heavy atom. The number of nitrogens with one attached hydrogen (secondary N) is 1. The summed E-state index contributed by atoms with van der Waals surface area (Å²) in [6.07, 6.45) is 0. The molecule has 0 atom stereocenters. The van der Waals surface area contributed by atoms with E-state index in [4.69, 9.17) is 5.11 Å². The third-order valence-corrected chi connectivity index (χ3v) is 3.76. The summed E-state index contributed by atoms with van der Waals surface area (Å²) in [5, 5.41) is 15.0. The number of aliphatic carboxylic acids is 1. The zero-order chi connectivity index (χ0) is 13.3. The Balaban J connectivity index is 2.66. The van der Waals surface area contributed by atoms with E-state index in [1.54, 1.807) is 25.2 Å². The number of carboxylic acid groups (broad SMARTS) is 1. The number of hydrogen-bond donors (Lipinski definition) is 2. The predicted octanol–water partition coefficient (Wildman–Crippen LogP) is 2.39. The van der Waals surface area contributed by atoms with Gasteiger partial charge >= 0.3 is 5.97 Å². The molecule has 0 saturated carbocycles. The van der Waals surface area contributed by atoms with Crippen LogP contribution in [0.25, 0.3) is 0 Å². The highest BCUT2D eigenvalue weighted by Crippen LogP contribution is 2.25. The van der Waals surface area contributed by atoms with Crippen LogP contribution in [-0.4, -0.2) is 21.6 Å². The molecule has 17 heavy (non-hydrogen) atoms. The molecule has 2 N–H and O–H groups in total. The fraction of sp³-hybridized carbons (Fsp3) is 0.667. The number of rotatable bonds is 4. The van der Waals surface area contributed by atoms with Crippen LogP contribution in [0.1, 0.15) is 45.3 Å². The molecule has 0 aliphatic heterocycles. The normalized spacial score (nSPS) is 12.8. The highest BCUT2D eigenvalue weighted by Gasteiger charge is 2.26. The second-order valence-electron chi connectivity index (χ2n) is 5.68. The molecule has 0 radical (unpaired) electrons. The molecule has 1 aromatic rings. The molecule has 0 bridgehead atoms. The van der Waals surface area contributed by atoms with Crippen molar-refractivity contribution in [1.82, 2.24) is 10.3 Å². The van der Waals surface area contributed by atoms with E-state index >= 15 is 0 Å². The van der Waals surface area contributed by atoms with Gasteiger partial charge in [0.15, 0.2) is 0 Å². The van der Waals surface area contributed by atoms with E-state index in [0.29, 0.717) is 6.54 Å². The molecule has 1 heterocycles. The van der Waals surface area contributed by atoms with E-state index in [-0.39, 0.29) is 5.41 Å². The molecule has 0 saturated heterocycles. The van der Waals surface area contributed by atoms with Crippen LogP contribution in [0, 0.1) is 0 Å². The SMILES string of the molecule is CC(C)(NCc1csc(C(C)(C)C)n1)C(=O)O. The van der Waals surface area contributed by atoms with Gasteiger partial charge in [0.25, 0.3) is 0 Å². The van der Waals surface area contributed by atoms with Gasteiger partial charge < -0.3 is 5.11 Å². The topological polar surface area (TPSA) is 62.2 Å². The molecule has 4 nitrogen and oxygen atoms in total. The Morgan fingerprint density at radius 2 is 2.00 bits per heavy atom. The Labute approximate surface area is 106 Å². The molecule has 1 aromatic heterocycles. The number of hydrogen-bond acceptors (Lipinski definition) is 4. The quantitative estimate of drug-likeness (QED) is 0.868. The third kappa shape index (κ3) is 3.78. The summed E-state index contributed by atoms with van der Waals surface area (Å²) in [4.78, 5) is 15.4. The first-order valence-corrected chi connectivity index (χ1v) is 6.44. The van der Waals surface area contributed by atoms with Crippen LogP contribution in [0.5, 0.6) is 0 Å². The molecule has 0 amide bonds. The molecule has 1 rings (SSSR count). The maximum Gasteiger partial charge on any atom is 0.323 e. The minimum absolute atomic E-state index is 0.0469. The lowest BCUT2D eigenvalue weighted by molar-refractivity contribution is -0.143. The molecule has 0 fully saturated rings. The molecule has 0 spiro atoms. The zero-order valence-corrected chi connectivity index (χ0v) is 11.8. The van der Waals surface area contributed by atoms with Crippen molar-refractivity contribution in [2.45, 2.75) is 52.1 Å². The summed E-state index contributed by atoms with van der Waals surface area (Å²) in [6.45, 7) is 10.1. The minimum atomic E-state index is -0.925. The van der Waals surface area contributed by atoms with Crippen LogP contribution in [0.3, 0.4) is 0 Å². The maximum atomic E-state index is 10.9. The number of aromatic nitrogens is 1. The molecular weight excluding hydrogens is 236 g/mol. The van der Waals surface area contributed by atoms with E-state index in [9.17, 15) is 4.79 Å². The van der Waals surface area contributed by atoms with Crippen LogP contribution in [0.2, 0.25) is 0 Å². The van der Waals surface area contributed by atoms with Crippen molar-refractivity contribution in [1.29, 1.82) is 0 Å². The number of carboxylic acids is 1. The van der Waals surface area contributed by atoms with Gasteiger partial charge in [-0.3, -0.25) is 10.1 Å². The first-order valence-electron chi connectivity index (χ1n) is 5.56. The van der Waals surface area contributed by atoms with Crippen molar-refractivity contribution in [3.63, 3.8) is 0 Å². The Bertz CT molecular complexity index is 405. The van der Waals surface area contributed by atoms with Crippen LogP contribution < -0.4 is 5.32 Å². The summed E-state index contributed by atoms with van der Waals surface area (Å²) in [7, 11) is 0. The summed E-state index contributed by atoms with van der Waals surface area (Å²) in [6, 6.07) is 0. The summed E-state index contributed by atoms with van der Waals surface area (Å²) in [5.41, 5.74) is 0.0192. The van der Waals surface area contributed by atoms with E-state index < -0.39 is 11.5 Å². The van der Waals surface area contributed by atoms with Crippen LogP contribution >= 0.6 is 11.3 Å². The Kier molecular flexibility index (Phi) is 3.94. The average Bonchev–Trinajstić information content (AvgIpc) is 2.62. The largest absolute Gasteiger partial charge is 0.480 e. The molecule has 0 aromatic carbocycles. The fourth-order valence-corrected chi connectivity index (χ4v) is 2.03. The van der Waals surface area contributed by atoms with Crippen LogP contribution in [0.15, 0.2) is 5.38 Å². The first-order chi connectivity index (χ1) is 7.63. The number of thiazole rings is 1. The van der Waals surface area contributed by atoms with E-state index in [1.165, 1.54) is 0 Å². The van der Waals surface area contributed by atoms with Crippen molar-refractivity contribution in [3.8, 4) is 0 Å². The smallest absolute Gasteiger partial charge is 0.323 e. The van der Waals surface area contributed by atoms with Crippen molar-refractivity contribution >= 4 is 17.3 Å². The highest BCUT2D eigenvalue weighted by molar-refractivity contribution is 7.09. The van der Waals surface area contributed by atoms with E-state index in [1.807, 2.05) is 5.38 Å². The molecule has 0 aliphatic rings. The summed E-state index contributed by atoms with van der Waals surface area (Å²) >= 11 is 1.62. The van der Waals surface area contributed by atoms with Crippen LogP contribution in [-0.2, 0) is 16.8 Å².